The summed E-state index contributed by atoms with van der Waals surface area (Å²) in [5, 5.41) is 15.0. The van der Waals surface area contributed by atoms with E-state index < -0.39 is 11.9 Å². The van der Waals surface area contributed by atoms with Crippen LogP contribution in [0.1, 0.15) is 36.0 Å². The molecule has 0 radical (unpaired) electrons. The van der Waals surface area contributed by atoms with Crippen LogP contribution < -0.4 is 5.32 Å². The van der Waals surface area contributed by atoms with Crippen molar-refractivity contribution in [2.75, 3.05) is 13.7 Å². The molecule has 0 aliphatic rings. The van der Waals surface area contributed by atoms with Crippen LogP contribution in [-0.2, 0) is 16.1 Å². The number of aromatic nitrogens is 1. The predicted molar refractivity (Wildman–Crippen MR) is 65.6 cm³/mol. The molecule has 7 heteroatoms. The number of nitrogens with zero attached hydrogens (tertiary/aromatic N) is 1. The van der Waals surface area contributed by atoms with Crippen molar-refractivity contribution in [3.8, 4) is 0 Å². The van der Waals surface area contributed by atoms with Crippen LogP contribution >= 0.6 is 0 Å². The number of aliphatic carboxylic acids is 1. The number of carboxylic acids is 1. The smallest absolute Gasteiger partial charge is 0.306 e. The lowest BCUT2D eigenvalue weighted by Gasteiger charge is -2.06. The number of nitrogens with one attached hydrogen (secondary N) is 1. The zero-order valence-electron chi connectivity index (χ0n) is 11.0. The van der Waals surface area contributed by atoms with Gasteiger partial charge in [0.05, 0.1) is 5.92 Å². The van der Waals surface area contributed by atoms with Crippen LogP contribution in [0.3, 0.4) is 0 Å². The van der Waals surface area contributed by atoms with Gasteiger partial charge in [0, 0.05) is 19.7 Å². The molecule has 106 valence electrons. The van der Waals surface area contributed by atoms with Gasteiger partial charge in [0.1, 0.15) is 6.61 Å². The standard InChI is InChI=1S/C12H18N2O5/c1-8(12(16)17)4-3-5-13-11(15)10-6-9(7-18-2)19-14-10/h6,8H,3-5,7H2,1-2H3,(H,13,15)(H,16,17). The van der Waals surface area contributed by atoms with Crippen molar-refractivity contribution in [3.63, 3.8) is 0 Å². The first-order valence-electron chi connectivity index (χ1n) is 6.00. The summed E-state index contributed by atoms with van der Waals surface area (Å²) in [6, 6.07) is 1.51. The number of hydrogen-bond donors (Lipinski definition) is 2. The molecule has 0 saturated carbocycles. The molecule has 7 nitrogen and oxygen atoms in total. The van der Waals surface area contributed by atoms with Crippen LogP contribution in [0.4, 0.5) is 0 Å². The Kier molecular flexibility index (Phi) is 6.01. The van der Waals surface area contributed by atoms with E-state index >= 15 is 0 Å². The van der Waals surface area contributed by atoms with Gasteiger partial charge in [-0.25, -0.2) is 0 Å². The molecule has 1 unspecified atom stereocenters. The van der Waals surface area contributed by atoms with Crippen molar-refractivity contribution < 1.29 is 24.0 Å². The van der Waals surface area contributed by atoms with Gasteiger partial charge < -0.3 is 19.7 Å². The molecular weight excluding hydrogens is 252 g/mol. The van der Waals surface area contributed by atoms with Gasteiger partial charge in [-0.1, -0.05) is 12.1 Å². The maximum Gasteiger partial charge on any atom is 0.306 e. The SMILES string of the molecule is COCc1cc(C(=O)NCCCC(C)C(=O)O)no1. The molecule has 0 aromatic carbocycles. The average Bonchev–Trinajstić information content (AvgIpc) is 2.83. The Bertz CT molecular complexity index is 430. The zero-order valence-corrected chi connectivity index (χ0v) is 11.0. The van der Waals surface area contributed by atoms with Crippen molar-refractivity contribution in [1.29, 1.82) is 0 Å². The number of carboxylic acid groups (broad SMARTS) is 1. The lowest BCUT2D eigenvalue weighted by molar-refractivity contribution is -0.141. The molecule has 1 rings (SSSR count). The van der Waals surface area contributed by atoms with Crippen molar-refractivity contribution in [2.24, 2.45) is 5.92 Å². The van der Waals surface area contributed by atoms with Crippen LogP contribution in [0.2, 0.25) is 0 Å². The Morgan fingerprint density at radius 1 is 1.58 bits per heavy atom. The summed E-state index contributed by atoms with van der Waals surface area (Å²) < 4.78 is 9.74. The van der Waals surface area contributed by atoms with Crippen molar-refractivity contribution in [3.05, 3.63) is 17.5 Å². The third-order valence-electron chi connectivity index (χ3n) is 2.60. The Hall–Kier alpha value is -1.89. The average molecular weight is 270 g/mol. The van der Waals surface area contributed by atoms with Gasteiger partial charge in [0.25, 0.3) is 5.91 Å². The van der Waals surface area contributed by atoms with E-state index in [2.05, 4.69) is 10.5 Å². The molecule has 19 heavy (non-hydrogen) atoms. The normalized spacial score (nSPS) is 12.1. The maximum absolute atomic E-state index is 11.7. The number of carbonyl (C=O) groups excluding carboxylic acids is 1. The highest BCUT2D eigenvalue weighted by atomic mass is 16.5. The van der Waals surface area contributed by atoms with Gasteiger partial charge in [-0.3, -0.25) is 9.59 Å². The fourth-order valence-electron chi connectivity index (χ4n) is 1.45. The number of hydrogen-bond acceptors (Lipinski definition) is 5. The van der Waals surface area contributed by atoms with E-state index in [1.54, 1.807) is 6.92 Å². The lowest BCUT2D eigenvalue weighted by atomic mass is 10.1. The molecule has 0 spiro atoms. The highest BCUT2D eigenvalue weighted by molar-refractivity contribution is 5.92. The molecule has 0 fully saturated rings. The van der Waals surface area contributed by atoms with E-state index in [-0.39, 0.29) is 18.2 Å². The molecule has 0 aliphatic heterocycles. The first-order valence-corrected chi connectivity index (χ1v) is 6.00. The first-order chi connectivity index (χ1) is 9.04. The van der Waals surface area contributed by atoms with E-state index in [1.165, 1.54) is 13.2 Å². The van der Waals surface area contributed by atoms with Crippen LogP contribution in [0.15, 0.2) is 10.6 Å². The quantitative estimate of drug-likeness (QED) is 0.685. The van der Waals surface area contributed by atoms with Crippen molar-refractivity contribution >= 4 is 11.9 Å². The second kappa shape index (κ2) is 7.52. The highest BCUT2D eigenvalue weighted by Crippen LogP contribution is 2.06. The number of amides is 1. The summed E-state index contributed by atoms with van der Waals surface area (Å²) in [7, 11) is 1.52. The zero-order chi connectivity index (χ0) is 14.3. The fraction of sp³-hybridized carbons (Fsp3) is 0.583. The lowest BCUT2D eigenvalue weighted by Crippen LogP contribution is -2.25. The molecule has 1 amide bonds. The maximum atomic E-state index is 11.7. The number of methoxy groups -OCH3 is 1. The minimum Gasteiger partial charge on any atom is -0.481 e. The van der Waals surface area contributed by atoms with Gasteiger partial charge in [-0.2, -0.15) is 0 Å². The van der Waals surface area contributed by atoms with Crippen LogP contribution in [-0.4, -0.2) is 35.8 Å². The number of carbonyl (C=O) groups is 2. The van der Waals surface area contributed by atoms with Gasteiger partial charge in [-0.15, -0.1) is 0 Å². The summed E-state index contributed by atoms with van der Waals surface area (Å²) in [6.07, 6.45) is 1.12. The van der Waals surface area contributed by atoms with Crippen LogP contribution in [0.5, 0.6) is 0 Å². The molecule has 0 aliphatic carbocycles. The first kappa shape index (κ1) is 15.2. The molecule has 1 atom stereocenters. The van der Waals surface area contributed by atoms with E-state index in [0.717, 1.165) is 0 Å². The van der Waals surface area contributed by atoms with E-state index in [1.807, 2.05) is 0 Å². The Morgan fingerprint density at radius 3 is 2.95 bits per heavy atom. The summed E-state index contributed by atoms with van der Waals surface area (Å²) in [5.74, 6) is -1.09. The number of rotatable bonds is 8. The molecule has 1 heterocycles. The monoisotopic (exact) mass is 270 g/mol. The van der Waals surface area contributed by atoms with Crippen molar-refractivity contribution in [1.82, 2.24) is 10.5 Å². The molecule has 0 bridgehead atoms. The van der Waals surface area contributed by atoms with Gasteiger partial charge in [0.2, 0.25) is 0 Å². The minimum absolute atomic E-state index is 0.193. The second-order valence-electron chi connectivity index (χ2n) is 4.25. The van der Waals surface area contributed by atoms with Crippen molar-refractivity contribution in [2.45, 2.75) is 26.4 Å². The summed E-state index contributed by atoms with van der Waals surface area (Å²) in [4.78, 5) is 22.2. The fourth-order valence-corrected chi connectivity index (χ4v) is 1.45. The molecular formula is C12H18N2O5. The topological polar surface area (TPSA) is 102 Å². The molecule has 2 N–H and O–H groups in total. The summed E-state index contributed by atoms with van der Waals surface area (Å²) >= 11 is 0. The Morgan fingerprint density at radius 2 is 2.32 bits per heavy atom. The number of ether oxygens (including phenoxy) is 1. The Labute approximate surface area is 110 Å². The molecule has 1 aromatic heterocycles. The Balaban J connectivity index is 2.28. The summed E-state index contributed by atoms with van der Waals surface area (Å²) in [6.45, 7) is 2.30. The van der Waals surface area contributed by atoms with Gasteiger partial charge >= 0.3 is 5.97 Å². The van der Waals surface area contributed by atoms with E-state index in [9.17, 15) is 9.59 Å². The van der Waals surface area contributed by atoms with Crippen LogP contribution in [0.25, 0.3) is 0 Å². The molecule has 1 aromatic rings. The van der Waals surface area contributed by atoms with Gasteiger partial charge in [0.15, 0.2) is 11.5 Å². The van der Waals surface area contributed by atoms with E-state index in [4.69, 9.17) is 14.4 Å². The highest BCUT2D eigenvalue weighted by Gasteiger charge is 2.13. The summed E-state index contributed by atoms with van der Waals surface area (Å²) in [5.41, 5.74) is 0.193. The van der Waals surface area contributed by atoms with E-state index in [0.29, 0.717) is 25.1 Å². The van der Waals surface area contributed by atoms with Crippen LogP contribution in [0, 0.1) is 5.92 Å². The van der Waals surface area contributed by atoms with Gasteiger partial charge in [-0.05, 0) is 12.8 Å². The third-order valence-corrected chi connectivity index (χ3v) is 2.60. The largest absolute Gasteiger partial charge is 0.481 e. The third kappa shape index (κ3) is 5.09. The second-order valence-corrected chi connectivity index (χ2v) is 4.25. The minimum atomic E-state index is -0.827. The predicted octanol–water partition coefficient (Wildman–Crippen LogP) is 1.05. The molecule has 0 saturated heterocycles.